The molecule has 2 heterocycles. The second kappa shape index (κ2) is 5.47. The maximum Gasteiger partial charge on any atom is 0.261 e. The highest BCUT2D eigenvalue weighted by atomic mass is 32.1. The van der Waals surface area contributed by atoms with Crippen molar-refractivity contribution in [3.8, 4) is 0 Å². The van der Waals surface area contributed by atoms with Gasteiger partial charge < -0.3 is 11.1 Å². The van der Waals surface area contributed by atoms with E-state index >= 15 is 0 Å². The van der Waals surface area contributed by atoms with Gasteiger partial charge in [0.25, 0.3) is 5.91 Å². The third kappa shape index (κ3) is 2.38. The third-order valence-electron chi connectivity index (χ3n) is 4.54. The number of hydrogen-bond acceptors (Lipinski definition) is 4. The first-order chi connectivity index (χ1) is 9.64. The van der Waals surface area contributed by atoms with E-state index in [0.717, 1.165) is 24.1 Å². The lowest BCUT2D eigenvalue weighted by atomic mass is 9.73. The molecule has 108 valence electrons. The van der Waals surface area contributed by atoms with Gasteiger partial charge in [-0.25, -0.2) is 0 Å². The Morgan fingerprint density at radius 1 is 1.50 bits per heavy atom. The van der Waals surface area contributed by atoms with E-state index in [9.17, 15) is 4.79 Å². The van der Waals surface area contributed by atoms with Crippen LogP contribution in [0, 0.1) is 5.92 Å². The number of rotatable bonds is 3. The molecular formula is C15H20N2OS2. The maximum atomic E-state index is 12.5. The fourth-order valence-electron chi connectivity index (χ4n) is 3.12. The van der Waals surface area contributed by atoms with Gasteiger partial charge in [-0.2, -0.15) is 0 Å². The van der Waals surface area contributed by atoms with Crippen LogP contribution in [0.1, 0.15) is 42.3 Å². The normalized spacial score (nSPS) is 26.8. The van der Waals surface area contributed by atoms with Gasteiger partial charge in [0.2, 0.25) is 0 Å². The molecule has 1 fully saturated rings. The van der Waals surface area contributed by atoms with Crippen LogP contribution in [0.25, 0.3) is 9.40 Å². The lowest BCUT2D eigenvalue weighted by molar-refractivity contribution is 0.0817. The van der Waals surface area contributed by atoms with Crippen LogP contribution in [0.3, 0.4) is 0 Å². The van der Waals surface area contributed by atoms with Crippen LogP contribution in [0.4, 0.5) is 0 Å². The van der Waals surface area contributed by atoms with E-state index in [1.54, 1.807) is 22.7 Å². The van der Waals surface area contributed by atoms with Gasteiger partial charge in [0.05, 0.1) is 10.4 Å². The number of amides is 1. The van der Waals surface area contributed by atoms with Crippen molar-refractivity contribution in [1.29, 1.82) is 0 Å². The first-order valence-electron chi connectivity index (χ1n) is 7.14. The molecule has 5 heteroatoms. The highest BCUT2D eigenvalue weighted by molar-refractivity contribution is 7.27. The molecule has 3 rings (SSSR count). The molecule has 1 amide bonds. The minimum absolute atomic E-state index is 0.0394. The van der Waals surface area contributed by atoms with E-state index in [1.807, 2.05) is 6.07 Å². The Kier molecular flexibility index (Phi) is 3.84. The third-order valence-corrected chi connectivity index (χ3v) is 6.64. The molecule has 0 aliphatic heterocycles. The van der Waals surface area contributed by atoms with E-state index in [4.69, 9.17) is 5.73 Å². The molecule has 3 nitrogen and oxygen atoms in total. The van der Waals surface area contributed by atoms with Crippen molar-refractivity contribution in [3.05, 3.63) is 22.4 Å². The van der Waals surface area contributed by atoms with Crippen molar-refractivity contribution in [3.63, 3.8) is 0 Å². The molecule has 3 N–H and O–H groups in total. The van der Waals surface area contributed by atoms with Crippen molar-refractivity contribution in [2.75, 3.05) is 6.54 Å². The molecule has 0 bridgehead atoms. The van der Waals surface area contributed by atoms with Crippen molar-refractivity contribution >= 4 is 38.0 Å². The topological polar surface area (TPSA) is 55.1 Å². The van der Waals surface area contributed by atoms with Gasteiger partial charge in [0, 0.05) is 15.9 Å². The van der Waals surface area contributed by atoms with E-state index in [0.29, 0.717) is 12.5 Å². The van der Waals surface area contributed by atoms with Gasteiger partial charge >= 0.3 is 0 Å². The van der Waals surface area contributed by atoms with E-state index in [-0.39, 0.29) is 11.4 Å². The number of carbonyl (C=O) groups is 1. The number of nitrogens with two attached hydrogens (primary N) is 1. The maximum absolute atomic E-state index is 12.5. The Balaban J connectivity index is 1.81. The molecule has 0 saturated heterocycles. The van der Waals surface area contributed by atoms with Crippen LogP contribution in [0.5, 0.6) is 0 Å². The predicted octanol–water partition coefficient (Wildman–Crippen LogP) is 3.60. The lowest BCUT2D eigenvalue weighted by Gasteiger charge is -2.42. The number of hydrogen-bond donors (Lipinski definition) is 2. The number of carbonyl (C=O) groups excluding carboxylic acids is 1. The van der Waals surface area contributed by atoms with Crippen LogP contribution in [-0.2, 0) is 0 Å². The van der Waals surface area contributed by atoms with E-state index in [2.05, 4.69) is 23.7 Å². The summed E-state index contributed by atoms with van der Waals surface area (Å²) in [5.74, 6) is 0.490. The second-order valence-corrected chi connectivity index (χ2v) is 7.75. The van der Waals surface area contributed by atoms with Crippen LogP contribution >= 0.6 is 22.7 Å². The summed E-state index contributed by atoms with van der Waals surface area (Å²) in [5, 5.41) is 5.31. The monoisotopic (exact) mass is 308 g/mol. The molecular weight excluding hydrogens is 288 g/mol. The summed E-state index contributed by atoms with van der Waals surface area (Å²) in [6.45, 7) is 2.74. The van der Waals surface area contributed by atoms with Gasteiger partial charge in [-0.05, 0) is 36.3 Å². The minimum Gasteiger partial charge on any atom is -0.344 e. The SMILES string of the molecule is CC1CCCCC1(CN)NC(=O)c1cc2sccc2s1. The average molecular weight is 308 g/mol. The van der Waals surface area contributed by atoms with Crippen LogP contribution in [-0.4, -0.2) is 18.0 Å². The van der Waals surface area contributed by atoms with Gasteiger partial charge in [0.1, 0.15) is 0 Å². The Morgan fingerprint density at radius 3 is 3.05 bits per heavy atom. The molecule has 2 unspecified atom stereocenters. The van der Waals surface area contributed by atoms with E-state index < -0.39 is 0 Å². The molecule has 1 saturated carbocycles. The molecule has 0 radical (unpaired) electrons. The fraction of sp³-hybridized carbons (Fsp3) is 0.533. The van der Waals surface area contributed by atoms with Gasteiger partial charge in [-0.1, -0.05) is 19.8 Å². The number of nitrogens with one attached hydrogen (secondary N) is 1. The molecule has 20 heavy (non-hydrogen) atoms. The molecule has 1 aliphatic rings. The molecule has 2 aromatic rings. The zero-order valence-electron chi connectivity index (χ0n) is 11.6. The smallest absolute Gasteiger partial charge is 0.261 e. The summed E-state index contributed by atoms with van der Waals surface area (Å²) in [4.78, 5) is 13.3. The molecule has 0 aromatic carbocycles. The summed E-state index contributed by atoms with van der Waals surface area (Å²) in [6, 6.07) is 4.07. The highest BCUT2D eigenvalue weighted by Gasteiger charge is 2.38. The summed E-state index contributed by atoms with van der Waals surface area (Å²) in [5.41, 5.74) is 5.79. The Morgan fingerprint density at radius 2 is 2.35 bits per heavy atom. The summed E-state index contributed by atoms with van der Waals surface area (Å²) >= 11 is 3.25. The second-order valence-electron chi connectivity index (χ2n) is 5.72. The summed E-state index contributed by atoms with van der Waals surface area (Å²) < 4.78 is 2.39. The van der Waals surface area contributed by atoms with Crippen molar-refractivity contribution in [1.82, 2.24) is 5.32 Å². The molecule has 1 aliphatic carbocycles. The van der Waals surface area contributed by atoms with Gasteiger partial charge in [0.15, 0.2) is 0 Å². The quantitative estimate of drug-likeness (QED) is 0.910. The summed E-state index contributed by atoms with van der Waals surface area (Å²) in [7, 11) is 0. The first-order valence-corrected chi connectivity index (χ1v) is 8.84. The fourth-order valence-corrected chi connectivity index (χ4v) is 5.12. The number of thiophene rings is 2. The Hall–Kier alpha value is -0.910. The minimum atomic E-state index is -0.216. The molecule has 0 spiro atoms. The predicted molar refractivity (Wildman–Crippen MR) is 86.6 cm³/mol. The average Bonchev–Trinajstić information content (AvgIpc) is 3.02. The van der Waals surface area contributed by atoms with Crippen molar-refractivity contribution in [2.24, 2.45) is 11.7 Å². The largest absolute Gasteiger partial charge is 0.344 e. The van der Waals surface area contributed by atoms with Crippen LogP contribution < -0.4 is 11.1 Å². The zero-order valence-corrected chi connectivity index (χ0v) is 13.3. The molecule has 2 aromatic heterocycles. The van der Waals surface area contributed by atoms with E-state index in [1.165, 1.54) is 15.8 Å². The lowest BCUT2D eigenvalue weighted by Crippen LogP contribution is -2.59. The first kappa shape index (κ1) is 14.0. The highest BCUT2D eigenvalue weighted by Crippen LogP contribution is 2.34. The standard InChI is InChI=1S/C15H20N2OS2/c1-10-4-2-3-6-15(10,9-16)17-14(18)13-8-12-11(20-13)5-7-19-12/h5,7-8,10H,2-4,6,9,16H2,1H3,(H,17,18). The van der Waals surface area contributed by atoms with Gasteiger partial charge in [-0.15, -0.1) is 22.7 Å². The van der Waals surface area contributed by atoms with Gasteiger partial charge in [-0.3, -0.25) is 4.79 Å². The Labute approximate surface area is 127 Å². The van der Waals surface area contributed by atoms with Crippen LogP contribution in [0.2, 0.25) is 0 Å². The van der Waals surface area contributed by atoms with Crippen molar-refractivity contribution in [2.45, 2.75) is 38.1 Å². The number of fused-ring (bicyclic) bond motifs is 1. The van der Waals surface area contributed by atoms with Crippen molar-refractivity contribution < 1.29 is 4.79 Å². The van der Waals surface area contributed by atoms with Crippen LogP contribution in [0.15, 0.2) is 17.5 Å². The summed E-state index contributed by atoms with van der Waals surface area (Å²) in [6.07, 6.45) is 4.54. The zero-order chi connectivity index (χ0) is 14.2. The Bertz CT molecular complexity index is 590. The molecule has 2 atom stereocenters.